The van der Waals surface area contributed by atoms with E-state index >= 15 is 0 Å². The highest BCUT2D eigenvalue weighted by atomic mass is 16.5. The van der Waals surface area contributed by atoms with E-state index in [0.29, 0.717) is 12.1 Å². The van der Waals surface area contributed by atoms with E-state index in [1.165, 1.54) is 44.9 Å². The van der Waals surface area contributed by atoms with E-state index in [1.807, 2.05) is 0 Å². The van der Waals surface area contributed by atoms with Crippen LogP contribution in [0.2, 0.25) is 0 Å². The van der Waals surface area contributed by atoms with E-state index in [0.717, 1.165) is 18.7 Å². The molecule has 0 radical (unpaired) electrons. The standard InChI is InChI=1S/C15H30N2O/c1-4-14(15-6-5-11-18-15)16-12-7-9-13(10-8-12)17(2)3/h12-16H,4-11H2,1-3H3/t12?,13?,14-,15+/m0/s1. The summed E-state index contributed by atoms with van der Waals surface area (Å²) in [5.74, 6) is 0. The zero-order valence-corrected chi connectivity index (χ0v) is 12.3. The van der Waals surface area contributed by atoms with Gasteiger partial charge in [0.2, 0.25) is 0 Å². The maximum atomic E-state index is 5.84. The zero-order valence-electron chi connectivity index (χ0n) is 12.3. The molecular weight excluding hydrogens is 224 g/mol. The molecule has 2 rings (SSSR count). The molecule has 3 heteroatoms. The fraction of sp³-hybridized carbons (Fsp3) is 1.00. The Morgan fingerprint density at radius 2 is 1.89 bits per heavy atom. The molecule has 0 amide bonds. The van der Waals surface area contributed by atoms with Gasteiger partial charge in [-0.25, -0.2) is 0 Å². The lowest BCUT2D eigenvalue weighted by molar-refractivity contribution is 0.0682. The molecule has 2 atom stereocenters. The van der Waals surface area contributed by atoms with E-state index in [9.17, 15) is 0 Å². The van der Waals surface area contributed by atoms with Gasteiger partial charge in [0.1, 0.15) is 0 Å². The number of nitrogens with zero attached hydrogens (tertiary/aromatic N) is 1. The first kappa shape index (κ1) is 14.3. The van der Waals surface area contributed by atoms with Crippen LogP contribution in [0.3, 0.4) is 0 Å². The number of hydrogen-bond donors (Lipinski definition) is 1. The Morgan fingerprint density at radius 1 is 1.17 bits per heavy atom. The van der Waals surface area contributed by atoms with Gasteiger partial charge < -0.3 is 15.0 Å². The molecule has 1 heterocycles. The van der Waals surface area contributed by atoms with Crippen molar-refractivity contribution in [2.75, 3.05) is 20.7 Å². The summed E-state index contributed by atoms with van der Waals surface area (Å²) >= 11 is 0. The average molecular weight is 254 g/mol. The Hall–Kier alpha value is -0.120. The van der Waals surface area contributed by atoms with Crippen molar-refractivity contribution >= 4 is 0 Å². The van der Waals surface area contributed by atoms with Crippen LogP contribution in [0.5, 0.6) is 0 Å². The maximum Gasteiger partial charge on any atom is 0.0728 e. The van der Waals surface area contributed by atoms with Gasteiger partial charge in [-0.15, -0.1) is 0 Å². The molecule has 2 aliphatic rings. The van der Waals surface area contributed by atoms with Crippen molar-refractivity contribution in [3.8, 4) is 0 Å². The highest BCUT2D eigenvalue weighted by Gasteiger charge is 2.29. The van der Waals surface area contributed by atoms with Gasteiger partial charge in [-0.3, -0.25) is 0 Å². The van der Waals surface area contributed by atoms with Crippen molar-refractivity contribution in [2.45, 2.75) is 76.1 Å². The summed E-state index contributed by atoms with van der Waals surface area (Å²) in [7, 11) is 4.42. The first-order valence-electron chi connectivity index (χ1n) is 7.74. The third-order valence-electron chi connectivity index (χ3n) is 4.73. The van der Waals surface area contributed by atoms with E-state index in [-0.39, 0.29) is 0 Å². The molecular formula is C15H30N2O. The lowest BCUT2D eigenvalue weighted by Crippen LogP contribution is -2.47. The Balaban J connectivity index is 1.75. The molecule has 0 spiro atoms. The van der Waals surface area contributed by atoms with Crippen molar-refractivity contribution in [1.29, 1.82) is 0 Å². The number of rotatable bonds is 5. The molecule has 1 aliphatic heterocycles. The Bertz CT molecular complexity index is 231. The number of hydrogen-bond acceptors (Lipinski definition) is 3. The van der Waals surface area contributed by atoms with Crippen LogP contribution in [0.25, 0.3) is 0 Å². The van der Waals surface area contributed by atoms with Gasteiger partial charge in [0, 0.05) is 24.7 Å². The summed E-state index contributed by atoms with van der Waals surface area (Å²) in [6, 6.07) is 2.09. The summed E-state index contributed by atoms with van der Waals surface area (Å²) in [5.41, 5.74) is 0. The van der Waals surface area contributed by atoms with Gasteiger partial charge >= 0.3 is 0 Å². The van der Waals surface area contributed by atoms with Gasteiger partial charge in [0.05, 0.1) is 6.10 Å². The quantitative estimate of drug-likeness (QED) is 0.815. The molecule has 106 valence electrons. The summed E-state index contributed by atoms with van der Waals surface area (Å²) in [6.45, 7) is 3.25. The second-order valence-electron chi connectivity index (χ2n) is 6.20. The van der Waals surface area contributed by atoms with Crippen LogP contribution in [0.4, 0.5) is 0 Å². The lowest BCUT2D eigenvalue weighted by Gasteiger charge is -2.36. The van der Waals surface area contributed by atoms with Crippen LogP contribution in [-0.4, -0.2) is 49.8 Å². The molecule has 0 aromatic heterocycles. The Labute approximate surface area is 112 Å². The van der Waals surface area contributed by atoms with Crippen molar-refractivity contribution in [2.24, 2.45) is 0 Å². The van der Waals surface area contributed by atoms with E-state index in [4.69, 9.17) is 4.74 Å². The van der Waals surface area contributed by atoms with Crippen LogP contribution in [-0.2, 0) is 4.74 Å². The molecule has 1 saturated carbocycles. The molecule has 0 unspecified atom stereocenters. The molecule has 2 fully saturated rings. The SMILES string of the molecule is CC[C@H](NC1CCC(N(C)C)CC1)[C@H]1CCCO1. The molecule has 0 aromatic carbocycles. The van der Waals surface area contributed by atoms with Crippen molar-refractivity contribution in [3.05, 3.63) is 0 Å². The van der Waals surface area contributed by atoms with Crippen molar-refractivity contribution in [1.82, 2.24) is 10.2 Å². The highest BCUT2D eigenvalue weighted by molar-refractivity contribution is 4.86. The van der Waals surface area contributed by atoms with Crippen LogP contribution >= 0.6 is 0 Å². The summed E-state index contributed by atoms with van der Waals surface area (Å²) in [5, 5.41) is 3.86. The monoisotopic (exact) mass is 254 g/mol. The van der Waals surface area contributed by atoms with Crippen LogP contribution in [0.15, 0.2) is 0 Å². The van der Waals surface area contributed by atoms with Crippen LogP contribution in [0.1, 0.15) is 51.9 Å². The molecule has 1 N–H and O–H groups in total. The van der Waals surface area contributed by atoms with Crippen molar-refractivity contribution in [3.63, 3.8) is 0 Å². The lowest BCUT2D eigenvalue weighted by atomic mass is 9.89. The summed E-state index contributed by atoms with van der Waals surface area (Å²) < 4.78 is 5.84. The molecule has 1 aliphatic carbocycles. The third kappa shape index (κ3) is 3.69. The van der Waals surface area contributed by atoms with Gasteiger partial charge in [0.15, 0.2) is 0 Å². The van der Waals surface area contributed by atoms with Gasteiger partial charge in [-0.2, -0.15) is 0 Å². The summed E-state index contributed by atoms with van der Waals surface area (Å²) in [6.07, 6.45) is 9.49. The fourth-order valence-corrected chi connectivity index (χ4v) is 3.47. The van der Waals surface area contributed by atoms with E-state index < -0.39 is 0 Å². The zero-order chi connectivity index (χ0) is 13.0. The number of ether oxygens (including phenoxy) is 1. The fourth-order valence-electron chi connectivity index (χ4n) is 3.47. The van der Waals surface area contributed by atoms with Gasteiger partial charge in [-0.1, -0.05) is 6.92 Å². The predicted octanol–water partition coefficient (Wildman–Crippen LogP) is 2.41. The minimum atomic E-state index is 0.474. The molecule has 1 saturated heterocycles. The molecule has 0 bridgehead atoms. The van der Waals surface area contributed by atoms with Crippen molar-refractivity contribution < 1.29 is 4.74 Å². The normalized spacial score (nSPS) is 35.0. The van der Waals surface area contributed by atoms with Crippen LogP contribution < -0.4 is 5.32 Å². The smallest absolute Gasteiger partial charge is 0.0728 e. The largest absolute Gasteiger partial charge is 0.377 e. The highest BCUT2D eigenvalue weighted by Crippen LogP contribution is 2.24. The Morgan fingerprint density at radius 3 is 2.39 bits per heavy atom. The minimum Gasteiger partial charge on any atom is -0.377 e. The van der Waals surface area contributed by atoms with E-state index in [2.05, 4.69) is 31.2 Å². The second kappa shape index (κ2) is 6.88. The maximum absolute atomic E-state index is 5.84. The predicted molar refractivity (Wildman–Crippen MR) is 75.9 cm³/mol. The molecule has 18 heavy (non-hydrogen) atoms. The minimum absolute atomic E-state index is 0.474. The molecule has 0 aromatic rings. The Kier molecular flexibility index (Phi) is 5.46. The first-order valence-corrected chi connectivity index (χ1v) is 7.74. The molecule has 3 nitrogen and oxygen atoms in total. The van der Waals surface area contributed by atoms with Gasteiger partial charge in [0.25, 0.3) is 0 Å². The first-order chi connectivity index (χ1) is 8.70. The number of nitrogens with one attached hydrogen (secondary N) is 1. The summed E-state index contributed by atoms with van der Waals surface area (Å²) in [4.78, 5) is 2.38. The third-order valence-corrected chi connectivity index (χ3v) is 4.73. The van der Waals surface area contributed by atoms with Gasteiger partial charge in [-0.05, 0) is 59.0 Å². The average Bonchev–Trinajstić information content (AvgIpc) is 2.90. The van der Waals surface area contributed by atoms with Crippen LogP contribution in [0, 0.1) is 0 Å². The second-order valence-corrected chi connectivity index (χ2v) is 6.20. The topological polar surface area (TPSA) is 24.5 Å². The van der Waals surface area contributed by atoms with E-state index in [1.54, 1.807) is 0 Å².